The molecule has 0 aliphatic carbocycles. The first-order chi connectivity index (χ1) is 9.52. The van der Waals surface area contributed by atoms with E-state index in [2.05, 4.69) is 20.1 Å². The number of hydrogen-bond acceptors (Lipinski definition) is 6. The fraction of sp³-hybridized carbons (Fsp3) is 0.231. The molecule has 0 atom stereocenters. The summed E-state index contributed by atoms with van der Waals surface area (Å²) in [7, 11) is 0. The lowest BCUT2D eigenvalue weighted by Crippen LogP contribution is -2.14. The van der Waals surface area contributed by atoms with Crippen LogP contribution in [0.1, 0.15) is 22.5 Å². The highest BCUT2D eigenvalue weighted by atomic mass is 32.2. The second kappa shape index (κ2) is 5.87. The monoisotopic (exact) mass is 289 g/mol. The Kier molecular flexibility index (Phi) is 4.19. The van der Waals surface area contributed by atoms with Gasteiger partial charge < -0.3 is 10.9 Å². The minimum Gasteiger partial charge on any atom is -0.409 e. The van der Waals surface area contributed by atoms with Crippen LogP contribution in [0.4, 0.5) is 0 Å². The lowest BCUT2D eigenvalue weighted by atomic mass is 10.2. The average molecular weight is 289 g/mol. The van der Waals surface area contributed by atoms with Crippen molar-refractivity contribution in [2.45, 2.75) is 31.0 Å². The molecule has 3 N–H and O–H groups in total. The van der Waals surface area contributed by atoms with Crippen molar-refractivity contribution in [3.8, 4) is 0 Å². The first-order valence-corrected chi connectivity index (χ1v) is 6.77. The highest BCUT2D eigenvalue weighted by Gasteiger charge is 2.12. The molecular formula is C13H15N5OS. The number of hydrogen-bond donors (Lipinski definition) is 2. The molecule has 0 fully saturated rings. The van der Waals surface area contributed by atoms with Crippen molar-refractivity contribution in [1.82, 2.24) is 15.0 Å². The van der Waals surface area contributed by atoms with Crippen molar-refractivity contribution >= 4 is 17.6 Å². The number of nitrogens with zero attached hydrogens (tertiary/aromatic N) is 4. The van der Waals surface area contributed by atoms with E-state index >= 15 is 0 Å². The Morgan fingerprint density at radius 2 is 1.90 bits per heavy atom. The number of nitrogens with two attached hydrogens (primary N) is 1. The Labute approximate surface area is 121 Å². The zero-order valence-electron chi connectivity index (χ0n) is 11.5. The predicted octanol–water partition coefficient (Wildman–Crippen LogP) is 2.04. The quantitative estimate of drug-likeness (QED) is 0.295. The molecule has 0 unspecified atom stereocenters. The molecule has 0 amide bonds. The van der Waals surface area contributed by atoms with Crippen LogP contribution in [0.5, 0.6) is 0 Å². The van der Waals surface area contributed by atoms with E-state index in [0.717, 1.165) is 17.0 Å². The molecule has 0 bridgehead atoms. The lowest BCUT2D eigenvalue weighted by molar-refractivity contribution is 0.318. The molecule has 2 aromatic heterocycles. The standard InChI is InChI=1S/C13H15N5OS/c1-7-8(2)16-13(17-9(7)3)20-12-10(11(14)18-19)5-4-6-15-12/h4-6,19H,1-3H3,(H2,14,18). The van der Waals surface area contributed by atoms with Crippen LogP contribution in [-0.2, 0) is 0 Å². The van der Waals surface area contributed by atoms with Crippen molar-refractivity contribution < 1.29 is 5.21 Å². The van der Waals surface area contributed by atoms with Crippen LogP contribution in [0.3, 0.4) is 0 Å². The average Bonchev–Trinajstić information content (AvgIpc) is 2.44. The van der Waals surface area contributed by atoms with Crippen LogP contribution in [-0.4, -0.2) is 26.0 Å². The van der Waals surface area contributed by atoms with Crippen LogP contribution >= 0.6 is 11.8 Å². The van der Waals surface area contributed by atoms with Gasteiger partial charge in [0.1, 0.15) is 5.03 Å². The Morgan fingerprint density at radius 1 is 1.25 bits per heavy atom. The summed E-state index contributed by atoms with van der Waals surface area (Å²) in [6.07, 6.45) is 1.64. The molecule has 2 aromatic rings. The van der Waals surface area contributed by atoms with E-state index in [-0.39, 0.29) is 5.84 Å². The third kappa shape index (κ3) is 2.88. The summed E-state index contributed by atoms with van der Waals surface area (Å²) in [6.45, 7) is 5.87. The van der Waals surface area contributed by atoms with E-state index < -0.39 is 0 Å². The van der Waals surface area contributed by atoms with Crippen LogP contribution in [0, 0.1) is 20.8 Å². The van der Waals surface area contributed by atoms with Gasteiger partial charge in [0.2, 0.25) is 0 Å². The molecule has 2 heterocycles. The lowest BCUT2D eigenvalue weighted by Gasteiger charge is -2.08. The summed E-state index contributed by atoms with van der Waals surface area (Å²) < 4.78 is 0. The van der Waals surface area contributed by atoms with Gasteiger partial charge in [0, 0.05) is 17.6 Å². The fourth-order valence-corrected chi connectivity index (χ4v) is 2.53. The summed E-state index contributed by atoms with van der Waals surface area (Å²) in [6, 6.07) is 3.46. The maximum atomic E-state index is 8.80. The van der Waals surface area contributed by atoms with Gasteiger partial charge in [0.05, 0.1) is 5.56 Å². The number of aromatic nitrogens is 3. The van der Waals surface area contributed by atoms with Gasteiger partial charge in [-0.3, -0.25) is 0 Å². The predicted molar refractivity (Wildman–Crippen MR) is 77.1 cm³/mol. The van der Waals surface area contributed by atoms with E-state index in [4.69, 9.17) is 10.9 Å². The van der Waals surface area contributed by atoms with Gasteiger partial charge in [-0.15, -0.1) is 0 Å². The molecule has 0 saturated heterocycles. The zero-order valence-corrected chi connectivity index (χ0v) is 12.3. The molecule has 0 aromatic carbocycles. The summed E-state index contributed by atoms with van der Waals surface area (Å²) >= 11 is 1.29. The van der Waals surface area contributed by atoms with Gasteiger partial charge in [-0.1, -0.05) is 5.16 Å². The van der Waals surface area contributed by atoms with Gasteiger partial charge in [-0.05, 0) is 50.2 Å². The summed E-state index contributed by atoms with van der Waals surface area (Å²) in [5.41, 5.74) is 9.13. The van der Waals surface area contributed by atoms with Gasteiger partial charge >= 0.3 is 0 Å². The third-order valence-electron chi connectivity index (χ3n) is 2.95. The van der Waals surface area contributed by atoms with Crippen LogP contribution < -0.4 is 5.73 Å². The highest BCUT2D eigenvalue weighted by Crippen LogP contribution is 2.26. The number of oxime groups is 1. The maximum Gasteiger partial charge on any atom is 0.194 e. The summed E-state index contributed by atoms with van der Waals surface area (Å²) in [5.74, 6) is 0.0150. The SMILES string of the molecule is Cc1nc(Sc2ncccc2C(N)=NO)nc(C)c1C. The van der Waals surface area contributed by atoms with Crippen LogP contribution in [0.15, 0.2) is 33.7 Å². The Bertz CT molecular complexity index is 649. The van der Waals surface area contributed by atoms with E-state index in [1.54, 1.807) is 18.3 Å². The zero-order chi connectivity index (χ0) is 14.7. The molecule has 104 valence electrons. The van der Waals surface area contributed by atoms with E-state index in [9.17, 15) is 0 Å². The van der Waals surface area contributed by atoms with E-state index in [1.165, 1.54) is 11.8 Å². The topological polar surface area (TPSA) is 97.3 Å². The number of pyridine rings is 1. The van der Waals surface area contributed by atoms with Crippen molar-refractivity contribution in [3.63, 3.8) is 0 Å². The van der Waals surface area contributed by atoms with Crippen molar-refractivity contribution in [3.05, 3.63) is 40.8 Å². The number of rotatable bonds is 3. The van der Waals surface area contributed by atoms with Crippen LogP contribution in [0.25, 0.3) is 0 Å². The molecule has 20 heavy (non-hydrogen) atoms. The maximum absolute atomic E-state index is 8.80. The number of aryl methyl sites for hydroxylation is 2. The first kappa shape index (κ1) is 14.3. The summed E-state index contributed by atoms with van der Waals surface area (Å²) in [5, 5.41) is 13.0. The van der Waals surface area contributed by atoms with Gasteiger partial charge in [-0.2, -0.15) is 0 Å². The molecule has 6 nitrogen and oxygen atoms in total. The molecule has 2 rings (SSSR count). The molecule has 7 heteroatoms. The van der Waals surface area contributed by atoms with Gasteiger partial charge in [-0.25, -0.2) is 15.0 Å². The van der Waals surface area contributed by atoms with E-state index in [1.807, 2.05) is 20.8 Å². The van der Waals surface area contributed by atoms with Gasteiger partial charge in [0.15, 0.2) is 11.0 Å². The van der Waals surface area contributed by atoms with E-state index in [0.29, 0.717) is 15.7 Å². The molecule has 0 saturated carbocycles. The first-order valence-electron chi connectivity index (χ1n) is 5.95. The van der Waals surface area contributed by atoms with Crippen molar-refractivity contribution in [1.29, 1.82) is 0 Å². The Hall–Kier alpha value is -2.15. The smallest absolute Gasteiger partial charge is 0.194 e. The Balaban J connectivity index is 2.41. The molecular weight excluding hydrogens is 274 g/mol. The van der Waals surface area contributed by atoms with Crippen LogP contribution in [0.2, 0.25) is 0 Å². The second-order valence-electron chi connectivity index (χ2n) is 4.25. The Morgan fingerprint density at radius 3 is 2.50 bits per heavy atom. The molecule has 0 spiro atoms. The highest BCUT2D eigenvalue weighted by molar-refractivity contribution is 7.99. The molecule has 0 radical (unpaired) electrons. The van der Waals surface area contributed by atoms with Crippen molar-refractivity contribution in [2.75, 3.05) is 0 Å². The van der Waals surface area contributed by atoms with Gasteiger partial charge in [0.25, 0.3) is 0 Å². The van der Waals surface area contributed by atoms with Crippen molar-refractivity contribution in [2.24, 2.45) is 10.9 Å². The minimum atomic E-state index is 0.0150. The molecule has 0 aliphatic heterocycles. The molecule has 0 aliphatic rings. The normalized spacial score (nSPS) is 11.7. The largest absolute Gasteiger partial charge is 0.409 e. The second-order valence-corrected chi connectivity index (χ2v) is 5.20. The third-order valence-corrected chi connectivity index (χ3v) is 3.84. The fourth-order valence-electron chi connectivity index (χ4n) is 1.59. The number of amidine groups is 1. The minimum absolute atomic E-state index is 0.0150. The summed E-state index contributed by atoms with van der Waals surface area (Å²) in [4.78, 5) is 13.1.